The van der Waals surface area contributed by atoms with Crippen molar-refractivity contribution in [2.45, 2.75) is 51.9 Å². The minimum atomic E-state index is -0.0782. The standard InChI is InChI=1S/C27H37N5O2/c1-20-29-18-25(27(34)28-13-8-22-6-4-3-5-7-22)26(30-20)24-11-14-31(15-12-24)19-23-9-16-32(17-10-23)21(2)33/h3-7,18,23-24H,8-17,19H2,1-2H3,(H,28,34). The molecule has 0 atom stereocenters. The second-order valence-corrected chi connectivity index (χ2v) is 9.73. The van der Waals surface area contributed by atoms with E-state index in [1.807, 2.05) is 30.0 Å². The van der Waals surface area contributed by atoms with E-state index < -0.39 is 0 Å². The zero-order valence-electron chi connectivity index (χ0n) is 20.5. The monoisotopic (exact) mass is 463 g/mol. The Hall–Kier alpha value is -2.80. The molecule has 4 rings (SSSR count). The number of aryl methyl sites for hydroxylation is 1. The Morgan fingerprint density at radius 3 is 2.41 bits per heavy atom. The van der Waals surface area contributed by atoms with Gasteiger partial charge >= 0.3 is 0 Å². The van der Waals surface area contributed by atoms with Crippen molar-refractivity contribution in [3.63, 3.8) is 0 Å². The highest BCUT2D eigenvalue weighted by Gasteiger charge is 2.28. The minimum absolute atomic E-state index is 0.0782. The molecule has 1 N–H and O–H groups in total. The van der Waals surface area contributed by atoms with Crippen LogP contribution in [0.2, 0.25) is 0 Å². The number of hydrogen-bond donors (Lipinski definition) is 1. The predicted molar refractivity (Wildman–Crippen MR) is 133 cm³/mol. The summed E-state index contributed by atoms with van der Waals surface area (Å²) in [5, 5.41) is 3.06. The third-order valence-corrected chi connectivity index (χ3v) is 7.28. The molecule has 0 aliphatic carbocycles. The average Bonchev–Trinajstić information content (AvgIpc) is 2.85. The maximum atomic E-state index is 13.0. The quantitative estimate of drug-likeness (QED) is 0.682. The van der Waals surface area contributed by atoms with Gasteiger partial charge in [0.15, 0.2) is 0 Å². The van der Waals surface area contributed by atoms with Crippen LogP contribution in [-0.4, -0.2) is 70.9 Å². The molecule has 3 heterocycles. The number of carbonyl (C=O) groups is 2. The number of hydrogen-bond acceptors (Lipinski definition) is 5. The number of aromatic nitrogens is 2. The van der Waals surface area contributed by atoms with Crippen LogP contribution in [0, 0.1) is 12.8 Å². The van der Waals surface area contributed by atoms with E-state index in [1.165, 1.54) is 5.56 Å². The highest BCUT2D eigenvalue weighted by Crippen LogP contribution is 2.30. The number of piperidine rings is 2. The van der Waals surface area contributed by atoms with E-state index in [1.54, 1.807) is 13.1 Å². The van der Waals surface area contributed by atoms with Gasteiger partial charge < -0.3 is 15.1 Å². The maximum absolute atomic E-state index is 13.0. The minimum Gasteiger partial charge on any atom is -0.352 e. The Kier molecular flexibility index (Phi) is 8.27. The Bertz CT molecular complexity index is 964. The number of rotatable bonds is 7. The molecule has 0 saturated carbocycles. The van der Waals surface area contributed by atoms with Gasteiger partial charge in [-0.15, -0.1) is 0 Å². The predicted octanol–water partition coefficient (Wildman–Crippen LogP) is 3.20. The molecule has 1 aromatic heterocycles. The topological polar surface area (TPSA) is 78.4 Å². The SMILES string of the molecule is CC(=O)N1CCC(CN2CCC(c3nc(C)ncc3C(=O)NCCc3ccccc3)CC2)CC1. The van der Waals surface area contributed by atoms with E-state index in [2.05, 4.69) is 27.3 Å². The number of carbonyl (C=O) groups excluding carboxylic acids is 2. The first-order chi connectivity index (χ1) is 16.5. The molecule has 2 aromatic rings. The molecule has 2 saturated heterocycles. The Morgan fingerprint density at radius 2 is 1.74 bits per heavy atom. The molecule has 0 spiro atoms. The lowest BCUT2D eigenvalue weighted by atomic mass is 9.89. The average molecular weight is 464 g/mol. The Labute approximate surface area is 203 Å². The molecule has 0 bridgehead atoms. The van der Waals surface area contributed by atoms with Crippen molar-refractivity contribution in [1.82, 2.24) is 25.1 Å². The van der Waals surface area contributed by atoms with Gasteiger partial charge in [-0.2, -0.15) is 0 Å². The summed E-state index contributed by atoms with van der Waals surface area (Å²) in [5.41, 5.74) is 2.73. The summed E-state index contributed by atoms with van der Waals surface area (Å²) in [6, 6.07) is 10.2. The van der Waals surface area contributed by atoms with Gasteiger partial charge in [0.25, 0.3) is 5.91 Å². The van der Waals surface area contributed by atoms with Crippen molar-refractivity contribution >= 4 is 11.8 Å². The van der Waals surface area contributed by atoms with E-state index in [-0.39, 0.29) is 17.7 Å². The normalized spacial score (nSPS) is 18.1. The van der Waals surface area contributed by atoms with Gasteiger partial charge in [0.2, 0.25) is 5.91 Å². The Morgan fingerprint density at radius 1 is 1.03 bits per heavy atom. The molecule has 1 aromatic carbocycles. The largest absolute Gasteiger partial charge is 0.352 e. The fourth-order valence-corrected chi connectivity index (χ4v) is 5.22. The first kappa shape index (κ1) is 24.3. The first-order valence-corrected chi connectivity index (χ1v) is 12.6. The van der Waals surface area contributed by atoms with E-state index >= 15 is 0 Å². The number of likely N-dealkylation sites (tertiary alicyclic amines) is 2. The summed E-state index contributed by atoms with van der Waals surface area (Å²) in [5.74, 6) is 1.78. The zero-order chi connectivity index (χ0) is 23.9. The van der Waals surface area contributed by atoms with E-state index in [4.69, 9.17) is 4.98 Å². The first-order valence-electron chi connectivity index (χ1n) is 12.6. The van der Waals surface area contributed by atoms with Gasteiger partial charge in [0.1, 0.15) is 5.82 Å². The van der Waals surface area contributed by atoms with Crippen LogP contribution in [0.4, 0.5) is 0 Å². The van der Waals surface area contributed by atoms with Crippen LogP contribution in [0.5, 0.6) is 0 Å². The highest BCUT2D eigenvalue weighted by molar-refractivity contribution is 5.95. The summed E-state index contributed by atoms with van der Waals surface area (Å²) in [6.07, 6.45) is 6.71. The summed E-state index contributed by atoms with van der Waals surface area (Å²) < 4.78 is 0. The van der Waals surface area contributed by atoms with Crippen LogP contribution in [0.25, 0.3) is 0 Å². The third kappa shape index (κ3) is 6.41. The van der Waals surface area contributed by atoms with Crippen molar-refractivity contribution in [3.8, 4) is 0 Å². The Balaban J connectivity index is 1.30. The molecule has 2 aliphatic rings. The molecule has 2 fully saturated rings. The third-order valence-electron chi connectivity index (χ3n) is 7.28. The van der Waals surface area contributed by atoms with E-state index in [0.29, 0.717) is 18.0 Å². The van der Waals surface area contributed by atoms with Gasteiger partial charge in [-0.25, -0.2) is 9.97 Å². The molecule has 2 aliphatic heterocycles. The molecule has 0 radical (unpaired) electrons. The van der Waals surface area contributed by atoms with Gasteiger partial charge in [0.05, 0.1) is 11.3 Å². The second kappa shape index (κ2) is 11.6. The van der Waals surface area contributed by atoms with Crippen LogP contribution in [-0.2, 0) is 11.2 Å². The molecule has 2 amide bonds. The van der Waals surface area contributed by atoms with Crippen LogP contribution >= 0.6 is 0 Å². The van der Waals surface area contributed by atoms with Gasteiger partial charge in [0, 0.05) is 45.2 Å². The van der Waals surface area contributed by atoms with E-state index in [9.17, 15) is 9.59 Å². The molecule has 34 heavy (non-hydrogen) atoms. The van der Waals surface area contributed by atoms with Crippen LogP contribution < -0.4 is 5.32 Å². The molecule has 182 valence electrons. The molecule has 7 heteroatoms. The van der Waals surface area contributed by atoms with Crippen molar-refractivity contribution in [1.29, 1.82) is 0 Å². The summed E-state index contributed by atoms with van der Waals surface area (Å²) in [6.45, 7) is 9.08. The maximum Gasteiger partial charge on any atom is 0.254 e. The zero-order valence-corrected chi connectivity index (χ0v) is 20.5. The van der Waals surface area contributed by atoms with Crippen molar-refractivity contribution < 1.29 is 9.59 Å². The molecular formula is C27H37N5O2. The molecule has 7 nitrogen and oxygen atoms in total. The van der Waals surface area contributed by atoms with Crippen molar-refractivity contribution in [2.75, 3.05) is 39.3 Å². The smallest absolute Gasteiger partial charge is 0.254 e. The lowest BCUT2D eigenvalue weighted by Gasteiger charge is -2.37. The van der Waals surface area contributed by atoms with Crippen molar-refractivity contribution in [3.05, 3.63) is 59.2 Å². The number of nitrogens with one attached hydrogen (secondary N) is 1. The molecule has 0 unspecified atom stereocenters. The van der Waals surface area contributed by atoms with Gasteiger partial charge in [-0.1, -0.05) is 30.3 Å². The molecular weight excluding hydrogens is 426 g/mol. The van der Waals surface area contributed by atoms with Crippen LogP contribution in [0.1, 0.15) is 66.0 Å². The summed E-state index contributed by atoms with van der Waals surface area (Å²) in [7, 11) is 0. The van der Waals surface area contributed by atoms with Crippen molar-refractivity contribution in [2.24, 2.45) is 5.92 Å². The number of nitrogens with zero attached hydrogens (tertiary/aromatic N) is 4. The van der Waals surface area contributed by atoms with Gasteiger partial charge in [-0.3, -0.25) is 9.59 Å². The lowest BCUT2D eigenvalue weighted by molar-refractivity contribution is -0.130. The second-order valence-electron chi connectivity index (χ2n) is 9.73. The number of benzene rings is 1. The fourth-order valence-electron chi connectivity index (χ4n) is 5.22. The highest BCUT2D eigenvalue weighted by atomic mass is 16.2. The summed E-state index contributed by atoms with van der Waals surface area (Å²) in [4.78, 5) is 38.1. The van der Waals surface area contributed by atoms with Crippen LogP contribution in [0.3, 0.4) is 0 Å². The van der Waals surface area contributed by atoms with E-state index in [0.717, 1.165) is 76.3 Å². The fraction of sp³-hybridized carbons (Fsp3) is 0.556. The number of amides is 2. The van der Waals surface area contributed by atoms with Gasteiger partial charge in [-0.05, 0) is 63.6 Å². The lowest BCUT2D eigenvalue weighted by Crippen LogP contribution is -2.42. The van der Waals surface area contributed by atoms with Crippen LogP contribution in [0.15, 0.2) is 36.5 Å². The summed E-state index contributed by atoms with van der Waals surface area (Å²) >= 11 is 0.